The summed E-state index contributed by atoms with van der Waals surface area (Å²) in [6.45, 7) is 10.3. The largest absolute Gasteiger partial charge is 0.474 e. The van der Waals surface area contributed by atoms with Crippen LogP contribution in [0, 0.1) is 11.8 Å². The number of carbonyl (C=O) groups is 4. The SMILES string of the molecule is CCC(C)C1NC(=O)c2csc(n2)[C@H](C(C)C)NC(=O)[C@H]2N=C(O[C@@H]2C)[C@@H]2CCCN2C(=O)[C@H](Cc2ccccc2)NC(=O)c2csc1n2. The number of nitrogens with one attached hydrogen (secondary N) is 3. The zero-order valence-electron chi connectivity index (χ0n) is 28.3. The van der Waals surface area contributed by atoms with Gasteiger partial charge in [-0.1, -0.05) is 64.4 Å². The van der Waals surface area contributed by atoms with Gasteiger partial charge < -0.3 is 25.6 Å². The molecule has 7 atom stereocenters. The van der Waals surface area contributed by atoms with Gasteiger partial charge in [0.25, 0.3) is 11.8 Å². The summed E-state index contributed by atoms with van der Waals surface area (Å²) in [5.41, 5.74) is 1.32. The van der Waals surface area contributed by atoms with E-state index in [0.29, 0.717) is 28.9 Å². The highest BCUT2D eigenvalue weighted by atomic mass is 32.1. The quantitative estimate of drug-likeness (QED) is 0.354. The van der Waals surface area contributed by atoms with Gasteiger partial charge in [0, 0.05) is 23.7 Å². The number of aromatic nitrogens is 2. The molecule has 3 N–H and O–H groups in total. The molecule has 0 radical (unpaired) electrons. The van der Waals surface area contributed by atoms with Crippen LogP contribution in [-0.2, 0) is 20.7 Å². The topological polar surface area (TPSA) is 155 Å². The smallest absolute Gasteiger partial charge is 0.271 e. The molecular formula is C35H43N7O5S2. The van der Waals surface area contributed by atoms with Crippen LogP contribution in [0.15, 0.2) is 46.1 Å². The van der Waals surface area contributed by atoms with Crippen molar-refractivity contribution in [2.45, 2.75) is 96.6 Å². The molecule has 3 aromatic rings. The van der Waals surface area contributed by atoms with E-state index in [1.165, 1.54) is 22.7 Å². The van der Waals surface area contributed by atoms with Gasteiger partial charge in [-0.3, -0.25) is 19.2 Å². The van der Waals surface area contributed by atoms with E-state index in [1.54, 1.807) is 22.6 Å². The van der Waals surface area contributed by atoms with Gasteiger partial charge in [-0.2, -0.15) is 0 Å². The van der Waals surface area contributed by atoms with E-state index in [2.05, 4.69) is 25.9 Å². The molecule has 6 rings (SSSR count). The third-order valence-corrected chi connectivity index (χ3v) is 11.4. The average Bonchev–Trinajstić information content (AvgIpc) is 3.91. The summed E-state index contributed by atoms with van der Waals surface area (Å²) in [4.78, 5) is 71.1. The normalized spacial score (nSPS) is 27.0. The Kier molecular flexibility index (Phi) is 10.4. The van der Waals surface area contributed by atoms with Crippen molar-refractivity contribution in [1.29, 1.82) is 0 Å². The highest BCUT2D eigenvalue weighted by molar-refractivity contribution is 7.10. The molecule has 14 heteroatoms. The zero-order chi connectivity index (χ0) is 34.8. The van der Waals surface area contributed by atoms with E-state index < -0.39 is 42.2 Å². The summed E-state index contributed by atoms with van der Waals surface area (Å²) in [7, 11) is 0. The maximum atomic E-state index is 14.3. The fraction of sp³-hybridized carbons (Fsp3) is 0.514. The number of benzene rings is 1. The fourth-order valence-corrected chi connectivity index (χ4v) is 8.46. The molecule has 5 heterocycles. The molecule has 2 unspecified atom stereocenters. The number of hydrogen-bond donors (Lipinski definition) is 3. The number of hydrogen-bond acceptors (Lipinski definition) is 10. The standard InChI is InChI=1S/C35H43N7O5S2/c1-6-19(4)27-34-38-23(16-49-34)29(43)36-22(15-21-11-8-7-9-12-21)35(46)42-14-10-13-25(42)32-41-28(20(5)47-32)31(45)39-26(18(2)3)33-37-24(17-48-33)30(44)40-27/h7-9,11-12,16-20,22,25-28H,6,10,13-15H2,1-5H3,(H,36,43)(H,39,45)(H,40,44)/t19?,20-,22+,25+,26+,27?,28+/m1/s1. The lowest BCUT2D eigenvalue weighted by atomic mass is 9.99. The fourth-order valence-electron chi connectivity index (χ4n) is 6.45. The first kappa shape index (κ1) is 34.7. The van der Waals surface area contributed by atoms with Crippen LogP contribution >= 0.6 is 22.7 Å². The summed E-state index contributed by atoms with van der Waals surface area (Å²) in [6.07, 6.45) is 1.84. The molecule has 1 fully saturated rings. The Hall–Kier alpha value is -4.17. The van der Waals surface area contributed by atoms with Crippen molar-refractivity contribution < 1.29 is 23.9 Å². The number of fused-ring (bicyclic) bond motifs is 7. The third-order valence-electron chi connectivity index (χ3n) is 9.50. The predicted octanol–water partition coefficient (Wildman–Crippen LogP) is 4.46. The van der Waals surface area contributed by atoms with E-state index in [9.17, 15) is 19.2 Å². The lowest BCUT2D eigenvalue weighted by Crippen LogP contribution is -2.52. The first-order chi connectivity index (χ1) is 23.5. The summed E-state index contributed by atoms with van der Waals surface area (Å²) in [5, 5.41) is 13.7. The first-order valence-corrected chi connectivity index (χ1v) is 18.7. The van der Waals surface area contributed by atoms with Crippen LogP contribution < -0.4 is 16.0 Å². The lowest BCUT2D eigenvalue weighted by molar-refractivity contribution is -0.133. The van der Waals surface area contributed by atoms with Crippen molar-refractivity contribution in [3.8, 4) is 0 Å². The minimum atomic E-state index is -0.885. The minimum absolute atomic E-state index is 0.00816. The van der Waals surface area contributed by atoms with E-state index in [-0.39, 0.29) is 47.4 Å². The van der Waals surface area contributed by atoms with Gasteiger partial charge in [0.15, 0.2) is 6.04 Å². The van der Waals surface area contributed by atoms with Crippen LogP contribution in [0.3, 0.4) is 0 Å². The monoisotopic (exact) mass is 705 g/mol. The first-order valence-electron chi connectivity index (χ1n) is 17.0. The number of amides is 4. The molecule has 49 heavy (non-hydrogen) atoms. The van der Waals surface area contributed by atoms with Crippen LogP contribution in [0.4, 0.5) is 0 Å². The molecule has 12 nitrogen and oxygen atoms in total. The number of carbonyl (C=O) groups excluding carboxylic acids is 4. The van der Waals surface area contributed by atoms with Gasteiger partial charge in [-0.25, -0.2) is 15.0 Å². The van der Waals surface area contributed by atoms with Gasteiger partial charge in [-0.15, -0.1) is 22.7 Å². The third kappa shape index (κ3) is 7.40. The molecule has 3 aliphatic rings. The molecular weight excluding hydrogens is 663 g/mol. The van der Waals surface area contributed by atoms with Crippen LogP contribution in [0.25, 0.3) is 0 Å². The second kappa shape index (κ2) is 14.8. The van der Waals surface area contributed by atoms with E-state index in [1.807, 2.05) is 58.0 Å². The zero-order valence-corrected chi connectivity index (χ0v) is 30.0. The molecule has 1 aromatic carbocycles. The molecule has 2 aromatic heterocycles. The van der Waals surface area contributed by atoms with Crippen molar-refractivity contribution >= 4 is 52.2 Å². The average molecular weight is 706 g/mol. The van der Waals surface area contributed by atoms with Crippen LogP contribution in [-0.4, -0.2) is 75.2 Å². The Morgan fingerprint density at radius 1 is 0.918 bits per heavy atom. The summed E-state index contributed by atoms with van der Waals surface area (Å²) < 4.78 is 6.17. The van der Waals surface area contributed by atoms with Gasteiger partial charge >= 0.3 is 0 Å². The Morgan fingerprint density at radius 3 is 2.22 bits per heavy atom. The second-order valence-electron chi connectivity index (χ2n) is 13.3. The minimum Gasteiger partial charge on any atom is -0.474 e. The van der Waals surface area contributed by atoms with Crippen molar-refractivity contribution in [3.05, 3.63) is 68.1 Å². The molecule has 0 aliphatic carbocycles. The van der Waals surface area contributed by atoms with Crippen molar-refractivity contribution in [1.82, 2.24) is 30.8 Å². The van der Waals surface area contributed by atoms with Gasteiger partial charge in [-0.05, 0) is 37.2 Å². The summed E-state index contributed by atoms with van der Waals surface area (Å²) in [6, 6.07) is 6.46. The molecule has 4 amide bonds. The molecule has 1 saturated heterocycles. The molecule has 260 valence electrons. The lowest BCUT2D eigenvalue weighted by Gasteiger charge is -2.29. The maximum Gasteiger partial charge on any atom is 0.271 e. The number of rotatable bonds is 5. The number of ether oxygens (including phenoxy) is 1. The van der Waals surface area contributed by atoms with Crippen LogP contribution in [0.5, 0.6) is 0 Å². The second-order valence-corrected chi connectivity index (χ2v) is 15.1. The highest BCUT2D eigenvalue weighted by Crippen LogP contribution is 2.31. The van der Waals surface area contributed by atoms with Crippen molar-refractivity contribution in [2.75, 3.05) is 6.54 Å². The number of nitrogens with zero attached hydrogens (tertiary/aromatic N) is 4. The maximum absolute atomic E-state index is 14.3. The van der Waals surface area contributed by atoms with Crippen LogP contribution in [0.1, 0.15) is 103 Å². The van der Waals surface area contributed by atoms with Crippen molar-refractivity contribution in [3.63, 3.8) is 0 Å². The molecule has 3 aliphatic heterocycles. The van der Waals surface area contributed by atoms with Gasteiger partial charge in [0.1, 0.15) is 39.6 Å². The summed E-state index contributed by atoms with van der Waals surface area (Å²) in [5.74, 6) is -1.07. The van der Waals surface area contributed by atoms with E-state index in [0.717, 1.165) is 18.4 Å². The Labute approximate surface area is 294 Å². The number of aliphatic imine (C=N–C) groups is 1. The Bertz CT molecular complexity index is 1720. The Morgan fingerprint density at radius 2 is 1.57 bits per heavy atom. The van der Waals surface area contributed by atoms with E-state index >= 15 is 0 Å². The number of thiazole rings is 2. The van der Waals surface area contributed by atoms with Gasteiger partial charge in [0.05, 0.1) is 12.1 Å². The predicted molar refractivity (Wildman–Crippen MR) is 188 cm³/mol. The Balaban J connectivity index is 1.39. The molecule has 0 saturated carbocycles. The summed E-state index contributed by atoms with van der Waals surface area (Å²) >= 11 is 2.61. The molecule has 6 bridgehead atoms. The molecule has 0 spiro atoms. The van der Waals surface area contributed by atoms with E-state index in [4.69, 9.17) is 9.73 Å². The highest BCUT2D eigenvalue weighted by Gasteiger charge is 2.43. The van der Waals surface area contributed by atoms with Gasteiger partial charge in [0.2, 0.25) is 17.7 Å². The van der Waals surface area contributed by atoms with Crippen LogP contribution in [0.2, 0.25) is 0 Å². The van der Waals surface area contributed by atoms with Crippen molar-refractivity contribution in [2.24, 2.45) is 16.8 Å².